The van der Waals surface area contributed by atoms with Crippen LogP contribution in [0.1, 0.15) is 35.2 Å². The standard InChI is InChI=1S/C20H23N3O5S2/c1-14-6-8-16(30(27,28)22-10-4-3-5-11-22)13-17(14)21-20(24)15-7-9-19(29-2)18(12-15)23(25)26/h6-9,12-13H,3-5,10-11H2,1-2H3,(H,21,24). The molecule has 1 heterocycles. The van der Waals surface area contributed by atoms with Gasteiger partial charge in [0.15, 0.2) is 0 Å². The maximum absolute atomic E-state index is 12.9. The lowest BCUT2D eigenvalue weighted by Crippen LogP contribution is -2.35. The molecule has 1 N–H and O–H groups in total. The van der Waals surface area contributed by atoms with Crippen LogP contribution < -0.4 is 5.32 Å². The summed E-state index contributed by atoms with van der Waals surface area (Å²) < 4.78 is 27.3. The van der Waals surface area contributed by atoms with Gasteiger partial charge in [-0.15, -0.1) is 11.8 Å². The summed E-state index contributed by atoms with van der Waals surface area (Å²) in [5, 5.41) is 14.0. The Labute approximate surface area is 179 Å². The lowest BCUT2D eigenvalue weighted by atomic mass is 10.1. The van der Waals surface area contributed by atoms with E-state index in [9.17, 15) is 23.3 Å². The van der Waals surface area contributed by atoms with Gasteiger partial charge >= 0.3 is 0 Å². The molecule has 8 nitrogen and oxygen atoms in total. The first kappa shape index (κ1) is 22.3. The summed E-state index contributed by atoms with van der Waals surface area (Å²) in [6.45, 7) is 2.74. The molecule has 1 saturated heterocycles. The molecule has 1 aliphatic heterocycles. The Kier molecular flexibility index (Phi) is 6.79. The van der Waals surface area contributed by atoms with Crippen LogP contribution in [0, 0.1) is 17.0 Å². The van der Waals surface area contributed by atoms with Crippen LogP contribution in [-0.2, 0) is 10.0 Å². The van der Waals surface area contributed by atoms with E-state index in [-0.39, 0.29) is 16.1 Å². The average Bonchev–Trinajstić information content (AvgIpc) is 2.75. The van der Waals surface area contributed by atoms with Crippen LogP contribution in [-0.4, -0.2) is 42.9 Å². The van der Waals surface area contributed by atoms with Gasteiger partial charge in [0.05, 0.1) is 14.7 Å². The van der Waals surface area contributed by atoms with Gasteiger partial charge in [-0.25, -0.2) is 8.42 Å². The van der Waals surface area contributed by atoms with E-state index >= 15 is 0 Å². The van der Waals surface area contributed by atoms with E-state index in [0.29, 0.717) is 29.2 Å². The molecule has 1 aliphatic rings. The fourth-order valence-corrected chi connectivity index (χ4v) is 5.41. The van der Waals surface area contributed by atoms with E-state index < -0.39 is 20.9 Å². The van der Waals surface area contributed by atoms with Gasteiger partial charge < -0.3 is 5.32 Å². The fourth-order valence-electron chi connectivity index (χ4n) is 3.32. The van der Waals surface area contributed by atoms with Crippen molar-refractivity contribution in [1.82, 2.24) is 4.31 Å². The van der Waals surface area contributed by atoms with E-state index in [0.717, 1.165) is 19.3 Å². The van der Waals surface area contributed by atoms with Crippen molar-refractivity contribution in [2.24, 2.45) is 0 Å². The molecule has 2 aromatic carbocycles. The maximum atomic E-state index is 12.9. The number of nitro benzene ring substituents is 1. The van der Waals surface area contributed by atoms with E-state index in [2.05, 4.69) is 5.32 Å². The number of benzene rings is 2. The van der Waals surface area contributed by atoms with Crippen molar-refractivity contribution in [2.45, 2.75) is 36.0 Å². The molecular formula is C20H23N3O5S2. The highest BCUT2D eigenvalue weighted by Gasteiger charge is 2.26. The number of carbonyl (C=O) groups is 1. The highest BCUT2D eigenvalue weighted by atomic mass is 32.2. The third-order valence-electron chi connectivity index (χ3n) is 5.05. The largest absolute Gasteiger partial charge is 0.322 e. The van der Waals surface area contributed by atoms with Gasteiger partial charge in [0.2, 0.25) is 10.0 Å². The summed E-state index contributed by atoms with van der Waals surface area (Å²) in [5.74, 6) is -0.540. The van der Waals surface area contributed by atoms with Gasteiger partial charge in [-0.05, 0) is 55.9 Å². The summed E-state index contributed by atoms with van der Waals surface area (Å²) in [7, 11) is -3.64. The summed E-state index contributed by atoms with van der Waals surface area (Å²) >= 11 is 1.22. The van der Waals surface area contributed by atoms with Crippen LogP contribution in [0.15, 0.2) is 46.2 Å². The van der Waals surface area contributed by atoms with Gasteiger partial charge in [0, 0.05) is 30.4 Å². The minimum atomic E-state index is -3.64. The summed E-state index contributed by atoms with van der Waals surface area (Å²) in [6, 6.07) is 8.89. The summed E-state index contributed by atoms with van der Waals surface area (Å²) in [5.41, 5.74) is 1.03. The van der Waals surface area contributed by atoms with E-state index in [1.165, 1.54) is 46.4 Å². The van der Waals surface area contributed by atoms with E-state index in [4.69, 9.17) is 0 Å². The number of nitrogens with zero attached hydrogens (tertiary/aromatic N) is 2. The minimum absolute atomic E-state index is 0.119. The molecule has 0 saturated carbocycles. The first-order valence-electron chi connectivity index (χ1n) is 9.48. The molecule has 0 radical (unpaired) electrons. The molecule has 30 heavy (non-hydrogen) atoms. The number of hydrogen-bond acceptors (Lipinski definition) is 6. The maximum Gasteiger partial charge on any atom is 0.283 e. The van der Waals surface area contributed by atoms with Crippen molar-refractivity contribution >= 4 is 39.1 Å². The zero-order valence-corrected chi connectivity index (χ0v) is 18.4. The number of piperidine rings is 1. The minimum Gasteiger partial charge on any atom is -0.322 e. The Hall–Kier alpha value is -2.43. The van der Waals surface area contributed by atoms with Gasteiger partial charge in [-0.3, -0.25) is 14.9 Å². The number of nitrogens with one attached hydrogen (secondary N) is 1. The molecule has 0 aromatic heterocycles. The second-order valence-corrected chi connectivity index (χ2v) is 9.83. The second-order valence-electron chi connectivity index (χ2n) is 7.04. The highest BCUT2D eigenvalue weighted by molar-refractivity contribution is 7.98. The second kappa shape index (κ2) is 9.15. The summed E-state index contributed by atoms with van der Waals surface area (Å²) in [4.78, 5) is 24.0. The van der Waals surface area contributed by atoms with Crippen LogP contribution in [0.4, 0.5) is 11.4 Å². The molecule has 0 bridgehead atoms. The fraction of sp³-hybridized carbons (Fsp3) is 0.350. The highest BCUT2D eigenvalue weighted by Crippen LogP contribution is 2.29. The smallest absolute Gasteiger partial charge is 0.283 e. The molecule has 160 valence electrons. The average molecular weight is 450 g/mol. The first-order chi connectivity index (χ1) is 14.2. The molecule has 0 unspecified atom stereocenters. The zero-order chi connectivity index (χ0) is 21.9. The van der Waals surface area contributed by atoms with Gasteiger partial charge in [-0.1, -0.05) is 12.5 Å². The third-order valence-corrected chi connectivity index (χ3v) is 7.73. The number of sulfonamides is 1. The number of thioether (sulfide) groups is 1. The quantitative estimate of drug-likeness (QED) is 0.405. The Morgan fingerprint density at radius 1 is 1.13 bits per heavy atom. The number of aryl methyl sites for hydroxylation is 1. The lowest BCUT2D eigenvalue weighted by Gasteiger charge is -2.26. The number of rotatable bonds is 6. The molecular weight excluding hydrogens is 426 g/mol. The Balaban J connectivity index is 1.88. The van der Waals surface area contributed by atoms with Crippen molar-refractivity contribution in [2.75, 3.05) is 24.7 Å². The van der Waals surface area contributed by atoms with Crippen molar-refractivity contribution in [3.8, 4) is 0 Å². The molecule has 0 spiro atoms. The number of nitro groups is 1. The first-order valence-corrected chi connectivity index (χ1v) is 12.1. The molecule has 0 atom stereocenters. The van der Waals surface area contributed by atoms with Gasteiger partial charge in [0.1, 0.15) is 0 Å². The molecule has 3 rings (SSSR count). The number of carbonyl (C=O) groups excluding carboxylic acids is 1. The van der Waals surface area contributed by atoms with Gasteiger partial charge in [0.25, 0.3) is 11.6 Å². The number of amides is 1. The molecule has 0 aliphatic carbocycles. The number of anilines is 1. The van der Waals surface area contributed by atoms with E-state index in [1.807, 2.05) is 0 Å². The normalized spacial score (nSPS) is 15.0. The Morgan fingerprint density at radius 3 is 2.47 bits per heavy atom. The van der Waals surface area contributed by atoms with Crippen molar-refractivity contribution in [3.05, 3.63) is 57.6 Å². The third kappa shape index (κ3) is 4.66. The predicted octanol–water partition coefficient (Wildman–Crippen LogP) is 4.05. The van der Waals surface area contributed by atoms with Gasteiger partial charge in [-0.2, -0.15) is 4.31 Å². The molecule has 2 aromatic rings. The lowest BCUT2D eigenvalue weighted by molar-refractivity contribution is -0.387. The molecule has 1 amide bonds. The van der Waals surface area contributed by atoms with Crippen LogP contribution in [0.25, 0.3) is 0 Å². The van der Waals surface area contributed by atoms with Crippen LogP contribution in [0.5, 0.6) is 0 Å². The monoisotopic (exact) mass is 449 g/mol. The topological polar surface area (TPSA) is 110 Å². The summed E-state index contributed by atoms with van der Waals surface area (Å²) in [6.07, 6.45) is 4.40. The van der Waals surface area contributed by atoms with Crippen molar-refractivity contribution in [1.29, 1.82) is 0 Å². The van der Waals surface area contributed by atoms with Crippen molar-refractivity contribution < 1.29 is 18.1 Å². The van der Waals surface area contributed by atoms with Crippen molar-refractivity contribution in [3.63, 3.8) is 0 Å². The number of hydrogen-bond donors (Lipinski definition) is 1. The predicted molar refractivity (Wildman–Crippen MR) is 117 cm³/mol. The molecule has 1 fully saturated rings. The SMILES string of the molecule is CSc1ccc(C(=O)Nc2cc(S(=O)(=O)N3CCCCC3)ccc2C)cc1[N+](=O)[O-]. The zero-order valence-electron chi connectivity index (χ0n) is 16.8. The Bertz CT molecular complexity index is 1080. The van der Waals surface area contributed by atoms with E-state index in [1.54, 1.807) is 19.2 Å². The van der Waals surface area contributed by atoms with Crippen LogP contribution in [0.3, 0.4) is 0 Å². The Morgan fingerprint density at radius 2 is 1.83 bits per heavy atom. The van der Waals surface area contributed by atoms with Crippen LogP contribution >= 0.6 is 11.8 Å². The van der Waals surface area contributed by atoms with Crippen LogP contribution in [0.2, 0.25) is 0 Å². The molecule has 10 heteroatoms.